The summed E-state index contributed by atoms with van der Waals surface area (Å²) in [4.78, 5) is 15.9. The Balaban J connectivity index is 1.48. The van der Waals surface area contributed by atoms with Gasteiger partial charge in [0, 0.05) is 30.5 Å². The summed E-state index contributed by atoms with van der Waals surface area (Å²) in [7, 11) is 0. The molecule has 4 aromatic heterocycles. The smallest absolute Gasteiger partial charge is 0.162 e. The zero-order valence-corrected chi connectivity index (χ0v) is 20.3. The molecular formula is C23H25N11S. The molecule has 5 heterocycles. The Kier molecular flexibility index (Phi) is 5.24. The molecule has 1 aliphatic heterocycles. The highest BCUT2D eigenvalue weighted by Gasteiger charge is 2.37. The van der Waals surface area contributed by atoms with E-state index in [9.17, 15) is 0 Å². The molecular weight excluding hydrogens is 462 g/mol. The molecule has 1 saturated carbocycles. The minimum Gasteiger partial charge on any atom is -0.312 e. The lowest BCUT2D eigenvalue weighted by molar-refractivity contribution is 0.561. The monoisotopic (exact) mass is 487 g/mol. The van der Waals surface area contributed by atoms with Crippen molar-refractivity contribution in [2.24, 2.45) is 5.92 Å². The molecule has 12 heteroatoms. The van der Waals surface area contributed by atoms with Gasteiger partial charge in [-0.25, -0.2) is 15.0 Å². The Morgan fingerprint density at radius 2 is 2.11 bits per heavy atom. The quantitative estimate of drug-likeness (QED) is 0.360. The molecule has 6 rings (SSSR count). The Morgan fingerprint density at radius 3 is 2.83 bits per heavy atom. The van der Waals surface area contributed by atoms with Crippen molar-refractivity contribution in [3.63, 3.8) is 0 Å². The summed E-state index contributed by atoms with van der Waals surface area (Å²) >= 11 is 1.37. The van der Waals surface area contributed by atoms with E-state index in [-0.39, 0.29) is 11.8 Å². The van der Waals surface area contributed by atoms with Gasteiger partial charge in [0.2, 0.25) is 0 Å². The molecule has 0 saturated heterocycles. The van der Waals surface area contributed by atoms with Crippen molar-refractivity contribution in [2.75, 3.05) is 4.90 Å². The molecule has 1 fully saturated rings. The third-order valence-electron chi connectivity index (χ3n) is 6.54. The summed E-state index contributed by atoms with van der Waals surface area (Å²) in [6, 6.07) is -0.0955. The van der Waals surface area contributed by atoms with Gasteiger partial charge in [0.05, 0.1) is 35.8 Å². The van der Waals surface area contributed by atoms with Crippen LogP contribution in [-0.2, 0) is 6.54 Å². The number of rotatable bonds is 8. The maximum atomic E-state index is 8.64. The summed E-state index contributed by atoms with van der Waals surface area (Å²) in [5, 5.41) is 32.5. The van der Waals surface area contributed by atoms with E-state index in [0.29, 0.717) is 22.6 Å². The second kappa shape index (κ2) is 8.45. The van der Waals surface area contributed by atoms with Crippen molar-refractivity contribution >= 4 is 34.8 Å². The normalized spacial score (nSPS) is 17.7. The molecule has 35 heavy (non-hydrogen) atoms. The lowest BCUT2D eigenvalue weighted by Gasteiger charge is -2.36. The highest BCUT2D eigenvalue weighted by Crippen LogP contribution is 2.44. The highest BCUT2D eigenvalue weighted by molar-refractivity contribution is 7.11. The standard InChI is InChI=1S/C23H25N11S/c1-3-17-22-31-30-13(2)33(22)18-10-27-20(16(8-24)19(25)23-26-6-7-35-23)29-21(18)34(17)15-9-28-32(12-15)11-14-4-5-14/h6-10,12,14,16-17,24-25H,3-5,11H2,1-2H3. The fourth-order valence-corrected chi connectivity index (χ4v) is 5.23. The third kappa shape index (κ3) is 3.64. The van der Waals surface area contributed by atoms with E-state index >= 15 is 0 Å². The van der Waals surface area contributed by atoms with E-state index in [4.69, 9.17) is 15.8 Å². The number of nitrogens with one attached hydrogen (secondary N) is 2. The summed E-state index contributed by atoms with van der Waals surface area (Å²) in [5.74, 6) is 2.69. The molecule has 1 aliphatic carbocycles. The Morgan fingerprint density at radius 1 is 1.26 bits per heavy atom. The predicted octanol–water partition coefficient (Wildman–Crippen LogP) is 3.83. The number of hydrogen-bond acceptors (Lipinski definition) is 10. The highest BCUT2D eigenvalue weighted by atomic mass is 32.1. The van der Waals surface area contributed by atoms with Gasteiger partial charge in [0.25, 0.3) is 0 Å². The summed E-state index contributed by atoms with van der Waals surface area (Å²) in [6.07, 6.45) is 11.9. The van der Waals surface area contributed by atoms with Crippen LogP contribution in [0.15, 0.2) is 30.2 Å². The number of aryl methyl sites for hydroxylation is 1. The van der Waals surface area contributed by atoms with E-state index in [1.165, 1.54) is 30.4 Å². The molecule has 0 spiro atoms. The van der Waals surface area contributed by atoms with Gasteiger partial charge in [0.1, 0.15) is 22.3 Å². The van der Waals surface area contributed by atoms with Crippen LogP contribution in [0.5, 0.6) is 0 Å². The number of hydrogen-bond donors (Lipinski definition) is 2. The molecule has 2 N–H and O–H groups in total. The average molecular weight is 488 g/mol. The van der Waals surface area contributed by atoms with Gasteiger partial charge in [-0.3, -0.25) is 9.25 Å². The van der Waals surface area contributed by atoms with Crippen LogP contribution < -0.4 is 4.90 Å². The van der Waals surface area contributed by atoms with E-state index in [0.717, 1.165) is 36.0 Å². The SMILES string of the molecule is CCC1c2nnc(C)n2-c2cnc(C(C=N)C(=N)c3nccs3)nc2N1c1cnn(CC2CC2)c1. The molecule has 0 bridgehead atoms. The van der Waals surface area contributed by atoms with E-state index < -0.39 is 5.92 Å². The lowest BCUT2D eigenvalue weighted by atomic mass is 10.0. The van der Waals surface area contributed by atoms with Gasteiger partial charge in [-0.2, -0.15) is 5.10 Å². The lowest BCUT2D eigenvalue weighted by Crippen LogP contribution is -2.33. The van der Waals surface area contributed by atoms with Crippen LogP contribution in [0.4, 0.5) is 11.5 Å². The van der Waals surface area contributed by atoms with Crippen LogP contribution in [0, 0.1) is 23.7 Å². The summed E-state index contributed by atoms with van der Waals surface area (Å²) in [6.45, 7) is 4.96. The van der Waals surface area contributed by atoms with Gasteiger partial charge in [-0.15, -0.1) is 21.5 Å². The summed E-state index contributed by atoms with van der Waals surface area (Å²) < 4.78 is 4.01. The Hall–Kier alpha value is -3.80. The zero-order valence-electron chi connectivity index (χ0n) is 19.5. The van der Waals surface area contributed by atoms with Gasteiger partial charge >= 0.3 is 0 Å². The second-order valence-electron chi connectivity index (χ2n) is 8.93. The largest absolute Gasteiger partial charge is 0.312 e. The van der Waals surface area contributed by atoms with Crippen LogP contribution in [0.3, 0.4) is 0 Å². The maximum absolute atomic E-state index is 8.64. The fraction of sp³-hybridized carbons (Fsp3) is 0.391. The molecule has 4 aromatic rings. The van der Waals surface area contributed by atoms with Crippen LogP contribution in [-0.4, -0.2) is 51.4 Å². The molecule has 0 aromatic carbocycles. The van der Waals surface area contributed by atoms with E-state index in [1.807, 2.05) is 27.7 Å². The first-order valence-electron chi connectivity index (χ1n) is 11.7. The van der Waals surface area contributed by atoms with Crippen molar-refractivity contribution in [3.05, 3.63) is 52.6 Å². The number of aromatic nitrogens is 8. The zero-order chi connectivity index (χ0) is 24.1. The fourth-order valence-electron chi connectivity index (χ4n) is 4.61. The molecule has 11 nitrogen and oxygen atoms in total. The molecule has 2 unspecified atom stereocenters. The number of anilines is 2. The van der Waals surface area contributed by atoms with Gasteiger partial charge in [0.15, 0.2) is 11.6 Å². The Labute approximate surface area is 205 Å². The third-order valence-corrected chi connectivity index (χ3v) is 7.35. The number of thiazole rings is 1. The minimum atomic E-state index is -0.700. The number of nitrogens with zero attached hydrogens (tertiary/aromatic N) is 9. The Bertz CT molecular complexity index is 1400. The van der Waals surface area contributed by atoms with Crippen molar-refractivity contribution in [1.82, 2.24) is 39.5 Å². The minimum absolute atomic E-state index is 0.0955. The second-order valence-corrected chi connectivity index (χ2v) is 9.83. The summed E-state index contributed by atoms with van der Waals surface area (Å²) in [5.41, 5.74) is 1.91. The van der Waals surface area contributed by atoms with Gasteiger partial charge in [-0.1, -0.05) is 6.92 Å². The van der Waals surface area contributed by atoms with Crippen molar-refractivity contribution in [2.45, 2.75) is 51.6 Å². The van der Waals surface area contributed by atoms with Crippen molar-refractivity contribution < 1.29 is 0 Å². The molecule has 2 aliphatic rings. The molecule has 0 amide bonds. The average Bonchev–Trinajstić information content (AvgIpc) is 3.23. The van der Waals surface area contributed by atoms with Crippen molar-refractivity contribution in [1.29, 1.82) is 10.8 Å². The van der Waals surface area contributed by atoms with Crippen molar-refractivity contribution in [3.8, 4) is 5.69 Å². The number of fused-ring (bicyclic) bond motifs is 3. The van der Waals surface area contributed by atoms with Crippen LogP contribution in [0.2, 0.25) is 0 Å². The molecule has 2 atom stereocenters. The first-order chi connectivity index (χ1) is 17.1. The predicted molar refractivity (Wildman–Crippen MR) is 132 cm³/mol. The van der Waals surface area contributed by atoms with Crippen LogP contribution >= 0.6 is 11.3 Å². The van der Waals surface area contributed by atoms with Crippen LogP contribution in [0.25, 0.3) is 5.69 Å². The van der Waals surface area contributed by atoms with Gasteiger partial charge in [-0.05, 0) is 32.1 Å². The maximum Gasteiger partial charge on any atom is 0.162 e. The topological polar surface area (TPSA) is 138 Å². The van der Waals surface area contributed by atoms with E-state index in [1.54, 1.807) is 12.4 Å². The van der Waals surface area contributed by atoms with E-state index in [2.05, 4.69) is 43.3 Å². The first-order valence-corrected chi connectivity index (χ1v) is 12.6. The molecule has 0 radical (unpaired) electrons. The molecule has 178 valence electrons. The first kappa shape index (κ1) is 21.7. The van der Waals surface area contributed by atoms with Crippen LogP contribution in [0.1, 0.15) is 60.6 Å². The van der Waals surface area contributed by atoms with Gasteiger partial charge < -0.3 is 15.7 Å².